The van der Waals surface area contributed by atoms with Gasteiger partial charge in [-0.3, -0.25) is 4.79 Å². The number of nitrogens with one attached hydrogen (secondary N) is 1. The quantitative estimate of drug-likeness (QED) is 0.738. The lowest BCUT2D eigenvalue weighted by Gasteiger charge is -2.09. The van der Waals surface area contributed by atoms with Crippen molar-refractivity contribution in [3.8, 4) is 0 Å². The van der Waals surface area contributed by atoms with Crippen LogP contribution in [0.3, 0.4) is 0 Å². The number of aromatic nitrogens is 2. The van der Waals surface area contributed by atoms with E-state index in [-0.39, 0.29) is 29.9 Å². The van der Waals surface area contributed by atoms with Crippen molar-refractivity contribution in [2.45, 2.75) is 33.2 Å². The van der Waals surface area contributed by atoms with Gasteiger partial charge in [0.2, 0.25) is 5.91 Å². The summed E-state index contributed by atoms with van der Waals surface area (Å²) in [5.74, 6) is 0.667. The first-order valence-electron chi connectivity index (χ1n) is 6.82. The average Bonchev–Trinajstić information content (AvgIpc) is 3.20. The molecule has 7 nitrogen and oxygen atoms in total. The molecule has 0 unspecified atom stereocenters. The van der Waals surface area contributed by atoms with Gasteiger partial charge in [0, 0.05) is 19.0 Å². The molecule has 0 aliphatic heterocycles. The Bertz CT molecular complexity index is 520. The van der Waals surface area contributed by atoms with E-state index in [2.05, 4.69) is 10.3 Å². The van der Waals surface area contributed by atoms with Crippen LogP contribution in [0.2, 0.25) is 0 Å². The largest absolute Gasteiger partial charge is 0.461 e. The van der Waals surface area contributed by atoms with Crippen molar-refractivity contribution < 1.29 is 14.3 Å². The van der Waals surface area contributed by atoms with Gasteiger partial charge in [0.1, 0.15) is 11.6 Å². The van der Waals surface area contributed by atoms with Crippen LogP contribution in [-0.4, -0.2) is 34.6 Å². The first kappa shape index (κ1) is 14.4. The van der Waals surface area contributed by atoms with E-state index in [1.807, 2.05) is 0 Å². The van der Waals surface area contributed by atoms with Gasteiger partial charge in [0.05, 0.1) is 6.61 Å². The maximum absolute atomic E-state index is 11.7. The van der Waals surface area contributed by atoms with E-state index in [0.29, 0.717) is 18.9 Å². The standard InChI is InChI=1S/C13H20N4O3/c1-3-20-13(19)10-11(14)17(8(2)16-10)7-6-15-12(18)9-4-5-9/h9H,3-7,14H2,1-2H3,(H,15,18). The summed E-state index contributed by atoms with van der Waals surface area (Å²) in [6.07, 6.45) is 1.95. The highest BCUT2D eigenvalue weighted by Gasteiger charge is 2.29. The second-order valence-corrected chi connectivity index (χ2v) is 4.83. The molecule has 1 heterocycles. The molecule has 0 saturated heterocycles. The Morgan fingerprint density at radius 3 is 2.80 bits per heavy atom. The van der Waals surface area contributed by atoms with Crippen molar-refractivity contribution in [2.75, 3.05) is 18.9 Å². The first-order chi connectivity index (χ1) is 9.54. The monoisotopic (exact) mass is 280 g/mol. The zero-order valence-electron chi connectivity index (χ0n) is 11.8. The number of imidazole rings is 1. The lowest BCUT2D eigenvalue weighted by atomic mass is 10.4. The van der Waals surface area contributed by atoms with Crippen molar-refractivity contribution in [3.63, 3.8) is 0 Å². The molecule has 1 aliphatic rings. The molecule has 0 atom stereocenters. The van der Waals surface area contributed by atoms with E-state index in [9.17, 15) is 9.59 Å². The number of aryl methyl sites for hydroxylation is 1. The minimum atomic E-state index is -0.520. The number of hydrogen-bond donors (Lipinski definition) is 2. The summed E-state index contributed by atoms with van der Waals surface area (Å²) in [5, 5.41) is 2.85. The number of nitrogens with two attached hydrogens (primary N) is 1. The zero-order chi connectivity index (χ0) is 14.7. The summed E-state index contributed by atoms with van der Waals surface area (Å²) in [6, 6.07) is 0. The highest BCUT2D eigenvalue weighted by molar-refractivity contribution is 5.92. The Kier molecular flexibility index (Phi) is 4.26. The normalized spacial score (nSPS) is 14.1. The number of hydrogen-bond acceptors (Lipinski definition) is 5. The molecule has 1 aliphatic carbocycles. The summed E-state index contributed by atoms with van der Waals surface area (Å²) >= 11 is 0. The van der Waals surface area contributed by atoms with Crippen LogP contribution in [0.4, 0.5) is 5.82 Å². The Labute approximate surface area is 117 Å². The average molecular weight is 280 g/mol. The first-order valence-corrected chi connectivity index (χ1v) is 6.82. The molecule has 7 heteroatoms. The summed E-state index contributed by atoms with van der Waals surface area (Å²) in [4.78, 5) is 27.3. The molecule has 20 heavy (non-hydrogen) atoms. The lowest BCUT2D eigenvalue weighted by Crippen LogP contribution is -2.29. The van der Waals surface area contributed by atoms with Crippen molar-refractivity contribution in [3.05, 3.63) is 11.5 Å². The fourth-order valence-corrected chi connectivity index (χ4v) is 1.99. The van der Waals surface area contributed by atoms with Gasteiger partial charge in [0.15, 0.2) is 5.69 Å². The maximum atomic E-state index is 11.7. The number of carbonyl (C=O) groups is 2. The lowest BCUT2D eigenvalue weighted by molar-refractivity contribution is -0.122. The van der Waals surface area contributed by atoms with Crippen LogP contribution in [0, 0.1) is 12.8 Å². The second kappa shape index (κ2) is 5.94. The predicted molar refractivity (Wildman–Crippen MR) is 73.1 cm³/mol. The van der Waals surface area contributed by atoms with E-state index < -0.39 is 5.97 Å². The molecule has 2 rings (SSSR count). The van der Waals surface area contributed by atoms with Crippen LogP contribution in [0.1, 0.15) is 36.1 Å². The van der Waals surface area contributed by atoms with Gasteiger partial charge in [-0.15, -0.1) is 0 Å². The molecule has 0 radical (unpaired) electrons. The third-order valence-corrected chi connectivity index (χ3v) is 3.25. The summed E-state index contributed by atoms with van der Waals surface area (Å²) in [7, 11) is 0. The van der Waals surface area contributed by atoms with E-state index in [1.165, 1.54) is 0 Å². The van der Waals surface area contributed by atoms with Crippen molar-refractivity contribution in [1.29, 1.82) is 0 Å². The molecule has 1 fully saturated rings. The smallest absolute Gasteiger partial charge is 0.360 e. The molecule has 110 valence electrons. The van der Waals surface area contributed by atoms with Gasteiger partial charge < -0.3 is 20.4 Å². The number of ether oxygens (including phenoxy) is 1. The number of rotatable bonds is 6. The van der Waals surface area contributed by atoms with Crippen molar-refractivity contribution in [1.82, 2.24) is 14.9 Å². The fourth-order valence-electron chi connectivity index (χ4n) is 1.99. The third kappa shape index (κ3) is 3.09. The number of nitrogen functional groups attached to an aromatic ring is 1. The van der Waals surface area contributed by atoms with E-state index in [4.69, 9.17) is 10.5 Å². The Morgan fingerprint density at radius 1 is 1.50 bits per heavy atom. The topological polar surface area (TPSA) is 99.2 Å². The van der Waals surface area contributed by atoms with Crippen LogP contribution in [0.25, 0.3) is 0 Å². The van der Waals surface area contributed by atoms with E-state index >= 15 is 0 Å². The van der Waals surface area contributed by atoms with Gasteiger partial charge in [-0.05, 0) is 26.7 Å². The highest BCUT2D eigenvalue weighted by Crippen LogP contribution is 2.28. The SMILES string of the molecule is CCOC(=O)c1nc(C)n(CCNC(=O)C2CC2)c1N. The number of carbonyl (C=O) groups excluding carboxylic acids is 2. The summed E-state index contributed by atoms with van der Waals surface area (Å²) in [6.45, 7) is 4.73. The Morgan fingerprint density at radius 2 is 2.20 bits per heavy atom. The van der Waals surface area contributed by atoms with Crippen molar-refractivity contribution >= 4 is 17.7 Å². The number of anilines is 1. The third-order valence-electron chi connectivity index (χ3n) is 3.25. The van der Waals surface area contributed by atoms with Crippen LogP contribution >= 0.6 is 0 Å². The molecule has 0 aromatic carbocycles. The molecule has 3 N–H and O–H groups in total. The minimum absolute atomic E-state index is 0.0898. The number of nitrogens with zero attached hydrogens (tertiary/aromatic N) is 2. The molecule has 0 spiro atoms. The van der Waals surface area contributed by atoms with E-state index in [0.717, 1.165) is 12.8 Å². The summed E-state index contributed by atoms with van der Waals surface area (Å²) < 4.78 is 6.60. The van der Waals surface area contributed by atoms with E-state index in [1.54, 1.807) is 18.4 Å². The molecular weight excluding hydrogens is 260 g/mol. The van der Waals surface area contributed by atoms with Crippen LogP contribution in [0.15, 0.2) is 0 Å². The van der Waals surface area contributed by atoms with Gasteiger partial charge >= 0.3 is 5.97 Å². The van der Waals surface area contributed by atoms with Gasteiger partial charge in [-0.1, -0.05) is 0 Å². The molecule has 1 amide bonds. The molecule has 0 bridgehead atoms. The summed E-state index contributed by atoms with van der Waals surface area (Å²) in [5.41, 5.74) is 6.05. The fraction of sp³-hybridized carbons (Fsp3) is 0.615. The Hall–Kier alpha value is -2.05. The van der Waals surface area contributed by atoms with Gasteiger partial charge in [-0.25, -0.2) is 9.78 Å². The minimum Gasteiger partial charge on any atom is -0.461 e. The van der Waals surface area contributed by atoms with Crippen LogP contribution < -0.4 is 11.1 Å². The van der Waals surface area contributed by atoms with Gasteiger partial charge in [-0.2, -0.15) is 0 Å². The van der Waals surface area contributed by atoms with Crippen LogP contribution in [-0.2, 0) is 16.1 Å². The molecular formula is C13H20N4O3. The molecule has 1 aromatic rings. The maximum Gasteiger partial charge on any atom is 0.360 e. The van der Waals surface area contributed by atoms with Crippen LogP contribution in [0.5, 0.6) is 0 Å². The number of esters is 1. The molecule has 1 aromatic heterocycles. The Balaban J connectivity index is 1.96. The second-order valence-electron chi connectivity index (χ2n) is 4.83. The van der Waals surface area contributed by atoms with Crippen molar-refractivity contribution in [2.24, 2.45) is 5.92 Å². The predicted octanol–water partition coefficient (Wildman–Crippen LogP) is 0.477. The van der Waals surface area contributed by atoms with Gasteiger partial charge in [0.25, 0.3) is 0 Å². The molecule has 1 saturated carbocycles. The zero-order valence-corrected chi connectivity index (χ0v) is 11.8. The number of amides is 1. The highest BCUT2D eigenvalue weighted by atomic mass is 16.5.